The molecule has 1 heterocycles. The quantitative estimate of drug-likeness (QED) is 0.847. The van der Waals surface area contributed by atoms with Gasteiger partial charge in [0.2, 0.25) is 0 Å². The maximum absolute atomic E-state index is 13.7. The Morgan fingerprint density at radius 3 is 2.68 bits per heavy atom. The number of rotatable bonds is 1. The van der Waals surface area contributed by atoms with Gasteiger partial charge in [-0.2, -0.15) is 0 Å². The average Bonchev–Trinajstić information content (AvgIpc) is 2.36. The van der Waals surface area contributed by atoms with Crippen molar-refractivity contribution in [3.05, 3.63) is 34.9 Å². The third kappa shape index (κ3) is 2.76. The molecule has 0 radical (unpaired) electrons. The minimum atomic E-state index is -0.819. The second kappa shape index (κ2) is 5.25. The van der Waals surface area contributed by atoms with Crippen molar-refractivity contribution >= 4 is 5.91 Å². The van der Waals surface area contributed by atoms with Crippen molar-refractivity contribution in [2.45, 2.75) is 26.3 Å². The third-order valence-electron chi connectivity index (χ3n) is 3.78. The molecule has 3 nitrogen and oxygen atoms in total. The Bertz CT molecular complexity index is 504. The maximum atomic E-state index is 13.7. The molecule has 1 aromatic rings. The van der Waals surface area contributed by atoms with Crippen LogP contribution in [0.15, 0.2) is 12.1 Å². The summed E-state index contributed by atoms with van der Waals surface area (Å²) in [7, 11) is 0. The van der Waals surface area contributed by atoms with Crippen LogP contribution in [0.4, 0.5) is 8.78 Å². The molecule has 1 fully saturated rings. The molecule has 0 spiro atoms. The smallest absolute Gasteiger partial charge is 0.256 e. The van der Waals surface area contributed by atoms with Gasteiger partial charge in [-0.1, -0.05) is 6.92 Å². The highest BCUT2D eigenvalue weighted by Gasteiger charge is 2.28. The molecule has 0 bridgehead atoms. The molecule has 2 unspecified atom stereocenters. The zero-order chi connectivity index (χ0) is 14.2. The second-order valence-corrected chi connectivity index (χ2v) is 5.26. The predicted octanol–water partition coefficient (Wildman–Crippen LogP) is 2.08. The van der Waals surface area contributed by atoms with E-state index in [1.807, 2.05) is 6.92 Å². The molecule has 2 atom stereocenters. The van der Waals surface area contributed by atoms with E-state index in [1.165, 1.54) is 13.0 Å². The van der Waals surface area contributed by atoms with Gasteiger partial charge >= 0.3 is 0 Å². The van der Waals surface area contributed by atoms with Crippen LogP contribution in [-0.2, 0) is 0 Å². The van der Waals surface area contributed by atoms with Crippen molar-refractivity contribution in [2.75, 3.05) is 13.1 Å². The monoisotopic (exact) mass is 268 g/mol. The average molecular weight is 268 g/mol. The minimum absolute atomic E-state index is 0.0827. The molecule has 5 heteroatoms. The standard InChI is InChI=1S/C14H18F2N2O/c1-8-3-4-18(7-13(8)17)14(19)10-5-9(2)11(15)6-12(10)16/h5-6,8,13H,3-4,7,17H2,1-2H3. The Balaban J connectivity index is 2.23. The molecular formula is C14H18F2N2O. The summed E-state index contributed by atoms with van der Waals surface area (Å²) in [5.41, 5.74) is 6.11. The summed E-state index contributed by atoms with van der Waals surface area (Å²) in [4.78, 5) is 13.8. The van der Waals surface area contributed by atoms with Crippen LogP contribution in [0.1, 0.15) is 29.3 Å². The van der Waals surface area contributed by atoms with E-state index in [0.717, 1.165) is 12.5 Å². The normalized spacial score (nSPS) is 23.5. The molecule has 0 aromatic heterocycles. The zero-order valence-corrected chi connectivity index (χ0v) is 11.1. The SMILES string of the molecule is Cc1cc(C(=O)N2CCC(C)C(N)C2)c(F)cc1F. The summed E-state index contributed by atoms with van der Waals surface area (Å²) < 4.78 is 26.9. The Hall–Kier alpha value is -1.49. The van der Waals surface area contributed by atoms with E-state index in [1.54, 1.807) is 4.90 Å². The predicted molar refractivity (Wildman–Crippen MR) is 68.8 cm³/mol. The number of amides is 1. The van der Waals surface area contributed by atoms with E-state index >= 15 is 0 Å². The first-order valence-electron chi connectivity index (χ1n) is 6.40. The van der Waals surface area contributed by atoms with E-state index in [0.29, 0.717) is 19.0 Å². The van der Waals surface area contributed by atoms with Gasteiger partial charge in [-0.3, -0.25) is 4.79 Å². The molecular weight excluding hydrogens is 250 g/mol. The summed E-state index contributed by atoms with van der Waals surface area (Å²) in [5, 5.41) is 0. The molecule has 0 aliphatic carbocycles. The van der Waals surface area contributed by atoms with E-state index in [4.69, 9.17) is 5.73 Å². The molecule has 1 aliphatic rings. The lowest BCUT2D eigenvalue weighted by Crippen LogP contribution is -2.49. The summed E-state index contributed by atoms with van der Waals surface area (Å²) in [6.07, 6.45) is 0.800. The Kier molecular flexibility index (Phi) is 3.85. The lowest BCUT2D eigenvalue weighted by Gasteiger charge is -2.35. The number of hydrogen-bond acceptors (Lipinski definition) is 2. The second-order valence-electron chi connectivity index (χ2n) is 5.26. The Labute approximate surface area is 111 Å². The van der Waals surface area contributed by atoms with E-state index < -0.39 is 17.5 Å². The molecule has 104 valence electrons. The van der Waals surface area contributed by atoms with Crippen LogP contribution in [0.3, 0.4) is 0 Å². The fourth-order valence-corrected chi connectivity index (χ4v) is 2.28. The number of hydrogen-bond donors (Lipinski definition) is 1. The highest BCUT2D eigenvalue weighted by atomic mass is 19.1. The van der Waals surface area contributed by atoms with Gasteiger partial charge in [0.05, 0.1) is 5.56 Å². The number of nitrogens with two attached hydrogens (primary N) is 1. The molecule has 19 heavy (non-hydrogen) atoms. The molecule has 2 rings (SSSR count). The van der Waals surface area contributed by atoms with Gasteiger partial charge in [-0.15, -0.1) is 0 Å². The molecule has 0 saturated carbocycles. The maximum Gasteiger partial charge on any atom is 0.256 e. The first-order valence-corrected chi connectivity index (χ1v) is 6.40. The highest BCUT2D eigenvalue weighted by Crippen LogP contribution is 2.20. The third-order valence-corrected chi connectivity index (χ3v) is 3.78. The highest BCUT2D eigenvalue weighted by molar-refractivity contribution is 5.94. The summed E-state index contributed by atoms with van der Waals surface area (Å²) >= 11 is 0. The van der Waals surface area contributed by atoms with E-state index in [9.17, 15) is 13.6 Å². The molecule has 1 aromatic carbocycles. The van der Waals surface area contributed by atoms with Gasteiger partial charge in [-0.25, -0.2) is 8.78 Å². The van der Waals surface area contributed by atoms with Crippen molar-refractivity contribution < 1.29 is 13.6 Å². The van der Waals surface area contributed by atoms with E-state index in [2.05, 4.69) is 0 Å². The van der Waals surface area contributed by atoms with Crippen LogP contribution >= 0.6 is 0 Å². The van der Waals surface area contributed by atoms with Crippen LogP contribution in [0.5, 0.6) is 0 Å². The van der Waals surface area contributed by atoms with Crippen molar-refractivity contribution in [1.82, 2.24) is 4.90 Å². The number of likely N-dealkylation sites (tertiary alicyclic amines) is 1. The number of benzene rings is 1. The van der Waals surface area contributed by atoms with Crippen molar-refractivity contribution in [3.63, 3.8) is 0 Å². The number of nitrogens with zero attached hydrogens (tertiary/aromatic N) is 1. The van der Waals surface area contributed by atoms with Crippen molar-refractivity contribution in [3.8, 4) is 0 Å². The van der Waals surface area contributed by atoms with Crippen molar-refractivity contribution in [2.24, 2.45) is 11.7 Å². The molecule has 2 N–H and O–H groups in total. The van der Waals surface area contributed by atoms with Gasteiger partial charge in [0, 0.05) is 25.2 Å². The number of aryl methyl sites for hydroxylation is 1. The van der Waals surface area contributed by atoms with Gasteiger partial charge in [-0.05, 0) is 30.9 Å². The molecule has 1 saturated heterocycles. The van der Waals surface area contributed by atoms with Gasteiger partial charge in [0.15, 0.2) is 0 Å². The van der Waals surface area contributed by atoms with Gasteiger partial charge in [0.25, 0.3) is 5.91 Å². The fourth-order valence-electron chi connectivity index (χ4n) is 2.28. The molecule has 1 aliphatic heterocycles. The lowest BCUT2D eigenvalue weighted by molar-refractivity contribution is 0.0667. The largest absolute Gasteiger partial charge is 0.337 e. The summed E-state index contributed by atoms with van der Waals surface area (Å²) in [6, 6.07) is 1.92. The number of halogens is 2. The minimum Gasteiger partial charge on any atom is -0.337 e. The van der Waals surface area contributed by atoms with Crippen LogP contribution in [0.25, 0.3) is 0 Å². The zero-order valence-electron chi connectivity index (χ0n) is 11.1. The number of piperidine rings is 1. The van der Waals surface area contributed by atoms with Crippen LogP contribution in [0.2, 0.25) is 0 Å². The lowest BCUT2D eigenvalue weighted by atomic mass is 9.94. The summed E-state index contributed by atoms with van der Waals surface area (Å²) in [5.74, 6) is -1.52. The van der Waals surface area contributed by atoms with E-state index in [-0.39, 0.29) is 17.2 Å². The van der Waals surface area contributed by atoms with Crippen LogP contribution in [-0.4, -0.2) is 29.9 Å². The Morgan fingerprint density at radius 1 is 1.37 bits per heavy atom. The first-order chi connectivity index (χ1) is 8.90. The van der Waals surface area contributed by atoms with Gasteiger partial charge in [0.1, 0.15) is 11.6 Å². The fraction of sp³-hybridized carbons (Fsp3) is 0.500. The number of carbonyl (C=O) groups excluding carboxylic acids is 1. The van der Waals surface area contributed by atoms with Crippen LogP contribution in [0, 0.1) is 24.5 Å². The Morgan fingerprint density at radius 2 is 2.05 bits per heavy atom. The van der Waals surface area contributed by atoms with Gasteiger partial charge < -0.3 is 10.6 Å². The van der Waals surface area contributed by atoms with Crippen LogP contribution < -0.4 is 5.73 Å². The first kappa shape index (κ1) is 13.9. The molecule has 1 amide bonds. The topological polar surface area (TPSA) is 46.3 Å². The number of carbonyl (C=O) groups is 1. The van der Waals surface area contributed by atoms with Crippen molar-refractivity contribution in [1.29, 1.82) is 0 Å². The summed E-state index contributed by atoms with van der Waals surface area (Å²) in [6.45, 7) is 4.52.